The lowest BCUT2D eigenvalue weighted by Crippen LogP contribution is -2.07. The number of rotatable bonds is 3. The van der Waals surface area contributed by atoms with Crippen molar-refractivity contribution < 1.29 is 4.79 Å². The van der Waals surface area contributed by atoms with E-state index in [0.29, 0.717) is 24.2 Å². The quantitative estimate of drug-likeness (QED) is 0.799. The van der Waals surface area contributed by atoms with Crippen molar-refractivity contribution in [3.63, 3.8) is 0 Å². The number of benzene rings is 1. The minimum absolute atomic E-state index is 0.0974. The van der Waals surface area contributed by atoms with E-state index >= 15 is 0 Å². The molecule has 122 valence electrons. The number of carbonyl (C=O) groups is 1. The molecule has 0 aliphatic heterocycles. The number of aromatic nitrogens is 3. The van der Waals surface area contributed by atoms with Crippen molar-refractivity contribution in [2.45, 2.75) is 12.8 Å². The molecule has 0 fully saturated rings. The van der Waals surface area contributed by atoms with Gasteiger partial charge in [0.1, 0.15) is 0 Å². The second-order valence-electron chi connectivity index (χ2n) is 5.93. The zero-order valence-corrected chi connectivity index (χ0v) is 13.5. The van der Waals surface area contributed by atoms with Crippen LogP contribution in [0, 0.1) is 0 Å². The van der Waals surface area contributed by atoms with E-state index in [0.717, 1.165) is 27.6 Å². The van der Waals surface area contributed by atoms with E-state index in [1.807, 2.05) is 48.6 Å². The van der Waals surface area contributed by atoms with E-state index in [1.165, 1.54) is 0 Å². The molecule has 4 rings (SSSR count). The largest absolute Gasteiger partial charge is 0.382 e. The van der Waals surface area contributed by atoms with Crippen LogP contribution < -0.4 is 5.73 Å². The maximum Gasteiger partial charge on any atom is 0.167 e. The van der Waals surface area contributed by atoms with Gasteiger partial charge in [-0.15, -0.1) is 5.10 Å². The Morgan fingerprint density at radius 1 is 1.08 bits per heavy atom. The summed E-state index contributed by atoms with van der Waals surface area (Å²) >= 11 is 0. The Hall–Kier alpha value is -3.34. The summed E-state index contributed by atoms with van der Waals surface area (Å²) in [6.45, 7) is 0. The number of hydrogen-bond acceptors (Lipinski definition) is 5. The summed E-state index contributed by atoms with van der Waals surface area (Å²) < 4.78 is 0. The van der Waals surface area contributed by atoms with Gasteiger partial charge in [0, 0.05) is 41.6 Å². The van der Waals surface area contributed by atoms with Gasteiger partial charge in [0.15, 0.2) is 11.6 Å². The smallest absolute Gasteiger partial charge is 0.167 e. The first-order valence-corrected chi connectivity index (χ1v) is 8.07. The van der Waals surface area contributed by atoms with Gasteiger partial charge in [-0.25, -0.2) is 0 Å². The first kappa shape index (κ1) is 15.2. The van der Waals surface area contributed by atoms with Crippen molar-refractivity contribution in [1.82, 2.24) is 15.2 Å². The number of nitrogens with two attached hydrogens (primary N) is 1. The molecule has 0 bridgehead atoms. The zero-order valence-electron chi connectivity index (χ0n) is 13.5. The standard InChI is InChI=1S/C20H16N4O/c21-20-16-6-3-5-15(14-4-1-2-7-18(14)25)19(16)17(23-24-20)12-13-8-10-22-11-9-13/h1-6,8-11H,7,12H2,(H2,21,24). The summed E-state index contributed by atoms with van der Waals surface area (Å²) in [5, 5.41) is 10.1. The van der Waals surface area contributed by atoms with Crippen molar-refractivity contribution in [3.05, 3.63) is 77.8 Å². The van der Waals surface area contributed by atoms with Crippen molar-refractivity contribution in [2.24, 2.45) is 0 Å². The monoisotopic (exact) mass is 328 g/mol. The number of hydrogen-bond donors (Lipinski definition) is 1. The van der Waals surface area contributed by atoms with E-state index in [4.69, 9.17) is 5.73 Å². The van der Waals surface area contributed by atoms with Gasteiger partial charge in [0.05, 0.1) is 5.69 Å². The molecule has 0 unspecified atom stereocenters. The number of carbonyl (C=O) groups excluding carboxylic acids is 1. The average Bonchev–Trinajstić information content (AvgIpc) is 2.65. The fraction of sp³-hybridized carbons (Fsp3) is 0.100. The molecule has 0 saturated carbocycles. The number of Topliss-reactive ketones (excluding diaryl/α,β-unsaturated/α-hetero) is 1. The van der Waals surface area contributed by atoms with Crippen molar-refractivity contribution in [1.29, 1.82) is 0 Å². The number of pyridine rings is 1. The lowest BCUT2D eigenvalue weighted by Gasteiger charge is -2.14. The molecule has 5 nitrogen and oxygen atoms in total. The molecule has 3 aromatic rings. The first-order valence-electron chi connectivity index (χ1n) is 8.07. The third-order valence-corrected chi connectivity index (χ3v) is 4.32. The maximum absolute atomic E-state index is 12.4. The van der Waals surface area contributed by atoms with Crippen LogP contribution in [0.2, 0.25) is 0 Å². The van der Waals surface area contributed by atoms with Crippen LogP contribution in [-0.2, 0) is 11.2 Å². The lowest BCUT2D eigenvalue weighted by molar-refractivity contribution is -0.113. The summed E-state index contributed by atoms with van der Waals surface area (Å²) in [6, 6.07) is 9.66. The fourth-order valence-corrected chi connectivity index (χ4v) is 3.12. The Bertz CT molecular complexity index is 1020. The van der Waals surface area contributed by atoms with E-state index in [1.54, 1.807) is 12.4 Å². The third-order valence-electron chi connectivity index (χ3n) is 4.32. The third kappa shape index (κ3) is 2.80. The Labute approximate surface area is 144 Å². The molecule has 25 heavy (non-hydrogen) atoms. The molecule has 0 radical (unpaired) electrons. The highest BCUT2D eigenvalue weighted by Gasteiger charge is 2.19. The number of nitrogens with zero attached hydrogens (tertiary/aromatic N) is 3. The van der Waals surface area contributed by atoms with E-state index in [9.17, 15) is 4.79 Å². The van der Waals surface area contributed by atoms with E-state index < -0.39 is 0 Å². The maximum atomic E-state index is 12.4. The first-order chi connectivity index (χ1) is 12.2. The molecule has 0 saturated heterocycles. The van der Waals surface area contributed by atoms with Gasteiger partial charge in [0.25, 0.3) is 0 Å². The number of nitrogen functional groups attached to an aromatic ring is 1. The summed E-state index contributed by atoms with van der Waals surface area (Å²) in [4.78, 5) is 16.4. The Kier molecular flexibility index (Phi) is 3.82. The van der Waals surface area contributed by atoms with Crippen molar-refractivity contribution in [3.8, 4) is 0 Å². The topological polar surface area (TPSA) is 81.8 Å². The fourth-order valence-electron chi connectivity index (χ4n) is 3.12. The highest BCUT2D eigenvalue weighted by Crippen LogP contribution is 2.32. The van der Waals surface area contributed by atoms with Gasteiger partial charge in [-0.1, -0.05) is 36.4 Å². The summed E-state index contributed by atoms with van der Waals surface area (Å²) in [6.07, 6.45) is 10.1. The number of allylic oxidation sites excluding steroid dienone is 4. The number of anilines is 1. The van der Waals surface area contributed by atoms with Crippen LogP contribution >= 0.6 is 0 Å². The van der Waals surface area contributed by atoms with Gasteiger partial charge >= 0.3 is 0 Å². The normalized spacial score (nSPS) is 13.9. The second-order valence-corrected chi connectivity index (χ2v) is 5.93. The molecule has 1 aliphatic rings. The Balaban J connectivity index is 1.95. The highest BCUT2D eigenvalue weighted by atomic mass is 16.1. The SMILES string of the molecule is Nc1nnc(Cc2ccncc2)c2c(C3=CC=CCC3=O)cccc12. The molecule has 5 heteroatoms. The van der Waals surface area contributed by atoms with Crippen LogP contribution in [0.25, 0.3) is 16.3 Å². The number of ketones is 1. The Morgan fingerprint density at radius 2 is 1.92 bits per heavy atom. The highest BCUT2D eigenvalue weighted by molar-refractivity contribution is 6.25. The summed E-state index contributed by atoms with van der Waals surface area (Å²) in [7, 11) is 0. The minimum Gasteiger partial charge on any atom is -0.382 e. The molecule has 0 spiro atoms. The van der Waals surface area contributed by atoms with Crippen molar-refractivity contribution >= 4 is 27.9 Å². The van der Waals surface area contributed by atoms with E-state index in [2.05, 4.69) is 15.2 Å². The lowest BCUT2D eigenvalue weighted by atomic mass is 9.90. The molecule has 1 aliphatic carbocycles. The van der Waals surface area contributed by atoms with Gasteiger partial charge in [-0.2, -0.15) is 5.10 Å². The van der Waals surface area contributed by atoms with Crippen molar-refractivity contribution in [2.75, 3.05) is 5.73 Å². The molecular weight excluding hydrogens is 312 g/mol. The number of fused-ring (bicyclic) bond motifs is 1. The van der Waals surface area contributed by atoms with Crippen LogP contribution in [0.5, 0.6) is 0 Å². The minimum atomic E-state index is 0.0974. The van der Waals surface area contributed by atoms with Crippen LogP contribution in [-0.4, -0.2) is 21.0 Å². The Morgan fingerprint density at radius 3 is 2.72 bits per heavy atom. The molecular formula is C20H16N4O. The van der Waals surface area contributed by atoms with Gasteiger partial charge in [-0.05, 0) is 23.3 Å². The van der Waals surface area contributed by atoms with Crippen LogP contribution in [0.1, 0.15) is 23.2 Å². The van der Waals surface area contributed by atoms with Crippen LogP contribution in [0.15, 0.2) is 61.0 Å². The molecule has 0 amide bonds. The predicted molar refractivity (Wildman–Crippen MR) is 97.7 cm³/mol. The summed E-state index contributed by atoms with van der Waals surface area (Å²) in [5.74, 6) is 0.468. The molecule has 2 heterocycles. The predicted octanol–water partition coefficient (Wildman–Crippen LogP) is 3.11. The average molecular weight is 328 g/mol. The van der Waals surface area contributed by atoms with Gasteiger partial charge < -0.3 is 5.73 Å². The van der Waals surface area contributed by atoms with Gasteiger partial charge in [0.2, 0.25) is 0 Å². The second kappa shape index (κ2) is 6.28. The van der Waals surface area contributed by atoms with E-state index in [-0.39, 0.29) is 5.78 Å². The van der Waals surface area contributed by atoms with Crippen LogP contribution in [0.4, 0.5) is 5.82 Å². The molecule has 1 aromatic carbocycles. The zero-order chi connectivity index (χ0) is 17.2. The summed E-state index contributed by atoms with van der Waals surface area (Å²) in [5.41, 5.74) is 9.48. The van der Waals surface area contributed by atoms with Gasteiger partial charge in [-0.3, -0.25) is 9.78 Å². The molecule has 0 atom stereocenters. The van der Waals surface area contributed by atoms with Crippen LogP contribution in [0.3, 0.4) is 0 Å². The molecule has 2 N–H and O–H groups in total. The molecule has 2 aromatic heterocycles.